The van der Waals surface area contributed by atoms with Crippen molar-refractivity contribution in [1.29, 1.82) is 0 Å². The van der Waals surface area contributed by atoms with Gasteiger partial charge in [-0.2, -0.15) is 0 Å². The number of rotatable bonds is 19. The summed E-state index contributed by atoms with van der Waals surface area (Å²) in [6.45, 7) is 6.81. The van der Waals surface area contributed by atoms with Crippen LogP contribution in [0.1, 0.15) is 32.6 Å². The maximum atomic E-state index is 10.7. The molecule has 0 aromatic rings. The van der Waals surface area contributed by atoms with Gasteiger partial charge in [0.25, 0.3) is 0 Å². The Bertz CT molecular complexity index is 275. The topological polar surface area (TPSA) is 83.1 Å². The summed E-state index contributed by atoms with van der Waals surface area (Å²) in [5.41, 5.74) is 0. The third-order valence-corrected chi connectivity index (χ3v) is 2.88. The molecule has 0 spiro atoms. The van der Waals surface area contributed by atoms with E-state index < -0.39 is 0 Å². The first kappa shape index (κ1) is 22.0. The van der Waals surface area contributed by atoms with Gasteiger partial charge in [0, 0.05) is 26.2 Å². The van der Waals surface area contributed by atoms with E-state index in [-0.39, 0.29) is 5.78 Å². The number of hydrogen-bond donors (Lipinski definition) is 1. The average Bonchev–Trinajstić information content (AvgIpc) is 2.53. The van der Waals surface area contributed by atoms with Gasteiger partial charge in [0.15, 0.2) is 0 Å². The van der Waals surface area contributed by atoms with E-state index in [1.807, 2.05) is 0 Å². The lowest BCUT2D eigenvalue weighted by molar-refractivity contribution is -0.117. The highest BCUT2D eigenvalue weighted by atomic mass is 16.6. The van der Waals surface area contributed by atoms with Crippen LogP contribution in [0.25, 0.3) is 0 Å². The summed E-state index contributed by atoms with van der Waals surface area (Å²) in [6.07, 6.45) is 3.92. The van der Waals surface area contributed by atoms with Gasteiger partial charge in [-0.05, 0) is 26.2 Å². The number of hydrogen-bond acceptors (Lipinski definition) is 6. The zero-order valence-electron chi connectivity index (χ0n) is 14.2. The van der Waals surface area contributed by atoms with Crippen molar-refractivity contribution in [2.24, 2.45) is 0 Å². The van der Waals surface area contributed by atoms with Gasteiger partial charge in [0.2, 0.25) is 6.41 Å². The Morgan fingerprint density at radius 3 is 1.74 bits per heavy atom. The summed E-state index contributed by atoms with van der Waals surface area (Å²) in [5, 5.41) is 2.57. The fourth-order valence-electron chi connectivity index (χ4n) is 1.68. The van der Waals surface area contributed by atoms with Crippen LogP contribution in [-0.2, 0) is 28.5 Å². The zero-order valence-corrected chi connectivity index (χ0v) is 14.2. The van der Waals surface area contributed by atoms with Crippen LogP contribution in [0.3, 0.4) is 0 Å². The minimum Gasteiger partial charge on any atom is -0.379 e. The summed E-state index contributed by atoms with van der Waals surface area (Å²) in [7, 11) is 0. The molecule has 0 saturated carbocycles. The van der Waals surface area contributed by atoms with E-state index in [1.165, 1.54) is 0 Å². The number of carbonyl (C=O) groups is 2. The normalized spacial score (nSPS) is 10.7. The Morgan fingerprint density at radius 1 is 0.783 bits per heavy atom. The third kappa shape index (κ3) is 21.0. The lowest BCUT2D eigenvalue weighted by Crippen LogP contribution is -2.15. The van der Waals surface area contributed by atoms with Gasteiger partial charge in [-0.3, -0.25) is 4.79 Å². The number of carbonyl (C=O) groups excluding carboxylic acids is 2. The number of ketones is 1. The van der Waals surface area contributed by atoms with E-state index in [0.29, 0.717) is 72.2 Å². The lowest BCUT2D eigenvalue weighted by atomic mass is 10.2. The van der Waals surface area contributed by atoms with Gasteiger partial charge in [-0.1, -0.05) is 0 Å². The van der Waals surface area contributed by atoms with E-state index in [0.717, 1.165) is 19.3 Å². The molecule has 0 rings (SSSR count). The summed E-state index contributed by atoms with van der Waals surface area (Å²) < 4.78 is 21.4. The SMILES string of the molecule is CC(=O)CCCCOCCOCCOCCOCCCNC=O. The molecule has 1 N–H and O–H groups in total. The smallest absolute Gasteiger partial charge is 0.207 e. The predicted octanol–water partition coefficient (Wildman–Crippen LogP) is 0.948. The first-order valence-corrected chi connectivity index (χ1v) is 8.25. The minimum atomic E-state index is 0.230. The van der Waals surface area contributed by atoms with Gasteiger partial charge in [-0.25, -0.2) is 0 Å². The van der Waals surface area contributed by atoms with Gasteiger partial charge in [-0.15, -0.1) is 0 Å². The first-order valence-electron chi connectivity index (χ1n) is 8.25. The molecular weight excluding hydrogens is 302 g/mol. The highest BCUT2D eigenvalue weighted by Gasteiger charge is 1.95. The monoisotopic (exact) mass is 333 g/mol. The van der Waals surface area contributed by atoms with Crippen LogP contribution in [0.4, 0.5) is 0 Å². The second kappa shape index (κ2) is 19.0. The molecule has 0 saturated heterocycles. The zero-order chi connectivity index (χ0) is 17.0. The van der Waals surface area contributed by atoms with Crippen LogP contribution in [-0.4, -0.2) is 71.6 Å². The Labute approximate surface area is 139 Å². The van der Waals surface area contributed by atoms with Gasteiger partial charge >= 0.3 is 0 Å². The Hall–Kier alpha value is -1.02. The van der Waals surface area contributed by atoms with E-state index in [1.54, 1.807) is 6.92 Å². The number of Topliss-reactive ketones (excluding diaryl/α,β-unsaturated/α-hetero) is 1. The highest BCUT2D eigenvalue weighted by molar-refractivity contribution is 5.75. The van der Waals surface area contributed by atoms with Crippen molar-refractivity contribution < 1.29 is 28.5 Å². The van der Waals surface area contributed by atoms with Crippen molar-refractivity contribution in [2.45, 2.75) is 32.6 Å². The quantitative estimate of drug-likeness (QED) is 0.280. The van der Waals surface area contributed by atoms with E-state index in [9.17, 15) is 9.59 Å². The molecule has 0 aliphatic heterocycles. The molecule has 0 aromatic carbocycles. The molecule has 1 amide bonds. The molecular formula is C16H31NO6. The molecule has 0 unspecified atom stereocenters. The fraction of sp³-hybridized carbons (Fsp3) is 0.875. The summed E-state index contributed by atoms with van der Waals surface area (Å²) in [6, 6.07) is 0. The number of amides is 1. The molecule has 0 bridgehead atoms. The highest BCUT2D eigenvalue weighted by Crippen LogP contribution is 1.96. The molecule has 0 aliphatic rings. The van der Waals surface area contributed by atoms with Crippen molar-refractivity contribution in [3.8, 4) is 0 Å². The second-order valence-electron chi connectivity index (χ2n) is 5.03. The third-order valence-electron chi connectivity index (χ3n) is 2.88. The van der Waals surface area contributed by atoms with Gasteiger partial charge < -0.3 is 29.1 Å². The van der Waals surface area contributed by atoms with E-state index in [4.69, 9.17) is 18.9 Å². The Balaban J connectivity index is 2.97. The predicted molar refractivity (Wildman–Crippen MR) is 86.5 cm³/mol. The molecule has 0 aromatic heterocycles. The fourth-order valence-corrected chi connectivity index (χ4v) is 1.68. The van der Waals surface area contributed by atoms with Crippen LogP contribution >= 0.6 is 0 Å². The minimum absolute atomic E-state index is 0.230. The summed E-state index contributed by atoms with van der Waals surface area (Å²) in [5.74, 6) is 0.230. The van der Waals surface area contributed by atoms with Crippen molar-refractivity contribution >= 4 is 12.2 Å². The molecule has 23 heavy (non-hydrogen) atoms. The van der Waals surface area contributed by atoms with Crippen molar-refractivity contribution in [1.82, 2.24) is 5.32 Å². The largest absolute Gasteiger partial charge is 0.379 e. The van der Waals surface area contributed by atoms with Crippen molar-refractivity contribution in [3.05, 3.63) is 0 Å². The molecule has 7 nitrogen and oxygen atoms in total. The average molecular weight is 333 g/mol. The molecule has 0 aliphatic carbocycles. The Morgan fingerprint density at radius 2 is 1.26 bits per heavy atom. The number of nitrogens with one attached hydrogen (secondary N) is 1. The van der Waals surface area contributed by atoms with Gasteiger partial charge in [0.1, 0.15) is 5.78 Å². The van der Waals surface area contributed by atoms with Gasteiger partial charge in [0.05, 0.1) is 39.6 Å². The Kier molecular flexibility index (Phi) is 18.2. The summed E-state index contributed by atoms with van der Waals surface area (Å²) >= 11 is 0. The summed E-state index contributed by atoms with van der Waals surface area (Å²) in [4.78, 5) is 20.7. The first-order chi connectivity index (χ1) is 11.3. The lowest BCUT2D eigenvalue weighted by Gasteiger charge is -2.07. The molecule has 0 heterocycles. The number of ether oxygens (including phenoxy) is 4. The molecule has 0 radical (unpaired) electrons. The maximum Gasteiger partial charge on any atom is 0.207 e. The van der Waals surface area contributed by atoms with Crippen molar-refractivity contribution in [2.75, 3.05) is 59.4 Å². The van der Waals surface area contributed by atoms with Crippen molar-refractivity contribution in [3.63, 3.8) is 0 Å². The second-order valence-corrected chi connectivity index (χ2v) is 5.03. The van der Waals surface area contributed by atoms with E-state index in [2.05, 4.69) is 5.32 Å². The van der Waals surface area contributed by atoms with E-state index >= 15 is 0 Å². The van der Waals surface area contributed by atoms with Crippen LogP contribution in [0, 0.1) is 0 Å². The molecule has 7 heteroatoms. The van der Waals surface area contributed by atoms with Crippen LogP contribution in [0.15, 0.2) is 0 Å². The van der Waals surface area contributed by atoms with Crippen LogP contribution < -0.4 is 5.32 Å². The maximum absolute atomic E-state index is 10.7. The van der Waals surface area contributed by atoms with Crippen LogP contribution in [0.5, 0.6) is 0 Å². The standard InChI is InChI=1S/C16H31NO6/c1-16(19)5-2-3-7-20-9-11-22-13-14-23-12-10-21-8-4-6-17-15-18/h15H,2-14H2,1H3,(H,17,18). The molecule has 136 valence electrons. The van der Waals surface area contributed by atoms with Crippen LogP contribution in [0.2, 0.25) is 0 Å². The molecule has 0 fully saturated rings. The molecule has 0 atom stereocenters. The number of unbranched alkanes of at least 4 members (excludes halogenated alkanes) is 1.